The number of carbonyl (C=O) groups excluding carboxylic acids is 2. The fourth-order valence-corrected chi connectivity index (χ4v) is 0.425. The van der Waals surface area contributed by atoms with Gasteiger partial charge in [-0.25, -0.2) is 0 Å². The second kappa shape index (κ2) is 4.43. The van der Waals surface area contributed by atoms with E-state index in [9.17, 15) is 9.59 Å². The van der Waals surface area contributed by atoms with Crippen LogP contribution < -0.4 is 0 Å². The molecule has 0 fully saturated rings. The molecule has 0 aromatic heterocycles. The molecule has 0 radical (unpaired) electrons. The van der Waals surface area contributed by atoms with Gasteiger partial charge in [-0.15, -0.1) is 0 Å². The molecule has 0 rings (SSSR count). The van der Waals surface area contributed by atoms with Crippen molar-refractivity contribution in [3.05, 3.63) is 0 Å². The first-order chi connectivity index (χ1) is 5.06. The predicted octanol–water partition coefficient (Wildman–Crippen LogP) is 0.316. The van der Waals surface area contributed by atoms with E-state index >= 15 is 0 Å². The van der Waals surface area contributed by atoms with Crippen molar-refractivity contribution in [3.8, 4) is 0 Å². The first-order valence-electron chi connectivity index (χ1n) is 2.95. The number of nitrogens with zero attached hydrogens (tertiary/aromatic N) is 1. The van der Waals surface area contributed by atoms with E-state index in [1.165, 1.54) is 13.8 Å². The van der Waals surface area contributed by atoms with Gasteiger partial charge in [0.05, 0.1) is 0 Å². The summed E-state index contributed by atoms with van der Waals surface area (Å²) in [6, 6.07) is 0. The minimum Gasteiger partial charge on any atom is -0.408 e. The molecule has 0 saturated carbocycles. The maximum atomic E-state index is 10.6. The van der Waals surface area contributed by atoms with Crippen molar-refractivity contribution < 1.29 is 19.5 Å². The molecule has 0 aromatic carbocycles. The van der Waals surface area contributed by atoms with Crippen LogP contribution >= 0.6 is 0 Å². The van der Waals surface area contributed by atoms with Gasteiger partial charge in [-0.05, 0) is 6.92 Å². The topological polar surface area (TPSA) is 76.0 Å². The van der Waals surface area contributed by atoms with Gasteiger partial charge in [-0.1, -0.05) is 5.16 Å². The van der Waals surface area contributed by atoms with Crippen molar-refractivity contribution in [1.82, 2.24) is 0 Å². The first-order valence-corrected chi connectivity index (χ1v) is 2.95. The highest BCUT2D eigenvalue weighted by atomic mass is 16.6. The monoisotopic (exact) mass is 159 g/mol. The lowest BCUT2D eigenvalue weighted by Gasteiger charge is -1.97. The molecule has 5 nitrogen and oxygen atoms in total. The number of Topliss-reactive ketones (excluding diaryl/α,β-unsaturated/α-hetero) is 1. The average Bonchev–Trinajstić information content (AvgIpc) is 1.85. The SMILES string of the molecule is CC(=O)CC(=O)O/C(C)=N/O. The molecule has 0 atom stereocenters. The maximum absolute atomic E-state index is 10.6. The molecule has 0 aliphatic rings. The van der Waals surface area contributed by atoms with Crippen LogP contribution in [0.25, 0.3) is 0 Å². The third-order valence-electron chi connectivity index (χ3n) is 0.796. The molecular weight excluding hydrogens is 150 g/mol. The van der Waals surface area contributed by atoms with Gasteiger partial charge in [0.15, 0.2) is 0 Å². The molecule has 0 amide bonds. The van der Waals surface area contributed by atoms with E-state index in [-0.39, 0.29) is 18.1 Å². The zero-order chi connectivity index (χ0) is 8.85. The number of ketones is 1. The summed E-state index contributed by atoms with van der Waals surface area (Å²) >= 11 is 0. The minimum absolute atomic E-state index is 0.170. The molecule has 1 N–H and O–H groups in total. The summed E-state index contributed by atoms with van der Waals surface area (Å²) in [4.78, 5) is 20.9. The van der Waals surface area contributed by atoms with Gasteiger partial charge >= 0.3 is 5.97 Å². The third-order valence-corrected chi connectivity index (χ3v) is 0.796. The lowest BCUT2D eigenvalue weighted by molar-refractivity contribution is -0.138. The van der Waals surface area contributed by atoms with E-state index in [1.807, 2.05) is 0 Å². The molecule has 0 unspecified atom stereocenters. The second-order valence-corrected chi connectivity index (χ2v) is 1.97. The standard InChI is InChI=1S/C6H9NO4/c1-4(8)3-6(9)11-5(2)7-10/h10H,3H2,1-2H3/b7-5+. The molecule has 0 saturated heterocycles. The molecular formula is C6H9NO4. The third kappa shape index (κ3) is 5.07. The molecule has 0 aliphatic heterocycles. The summed E-state index contributed by atoms with van der Waals surface area (Å²) < 4.78 is 4.35. The Morgan fingerprint density at radius 2 is 2.00 bits per heavy atom. The van der Waals surface area contributed by atoms with Crippen LogP contribution in [-0.4, -0.2) is 22.9 Å². The van der Waals surface area contributed by atoms with Crippen LogP contribution in [0.4, 0.5) is 0 Å². The van der Waals surface area contributed by atoms with E-state index in [1.54, 1.807) is 0 Å². The summed E-state index contributed by atoms with van der Waals surface area (Å²) in [6.07, 6.45) is -0.299. The van der Waals surface area contributed by atoms with Gasteiger partial charge in [0.1, 0.15) is 12.2 Å². The largest absolute Gasteiger partial charge is 0.408 e. The van der Waals surface area contributed by atoms with E-state index in [4.69, 9.17) is 5.21 Å². The Balaban J connectivity index is 3.79. The fourth-order valence-electron chi connectivity index (χ4n) is 0.425. The Hall–Kier alpha value is -1.39. The summed E-state index contributed by atoms with van der Waals surface area (Å²) in [5.41, 5.74) is 0. The molecule has 0 aromatic rings. The Morgan fingerprint density at radius 3 is 2.36 bits per heavy atom. The zero-order valence-corrected chi connectivity index (χ0v) is 6.33. The van der Waals surface area contributed by atoms with Crippen LogP contribution in [-0.2, 0) is 14.3 Å². The molecule has 62 valence electrons. The highest BCUT2D eigenvalue weighted by molar-refractivity contribution is 5.98. The highest BCUT2D eigenvalue weighted by Gasteiger charge is 2.07. The van der Waals surface area contributed by atoms with Crippen LogP contribution in [0, 0.1) is 0 Å². The molecule has 0 bridgehead atoms. The van der Waals surface area contributed by atoms with E-state index in [0.29, 0.717) is 0 Å². The van der Waals surface area contributed by atoms with E-state index in [2.05, 4.69) is 9.89 Å². The van der Waals surface area contributed by atoms with Crippen molar-refractivity contribution in [2.45, 2.75) is 20.3 Å². The molecule has 0 heterocycles. The maximum Gasteiger partial charge on any atom is 0.319 e. The Bertz CT molecular complexity index is 197. The lowest BCUT2D eigenvalue weighted by atomic mass is 10.3. The zero-order valence-electron chi connectivity index (χ0n) is 6.33. The second-order valence-electron chi connectivity index (χ2n) is 1.97. The number of hydrogen-bond acceptors (Lipinski definition) is 5. The lowest BCUT2D eigenvalue weighted by Crippen LogP contribution is -2.12. The van der Waals surface area contributed by atoms with Gasteiger partial charge in [0.2, 0.25) is 5.90 Å². The van der Waals surface area contributed by atoms with Gasteiger partial charge in [0, 0.05) is 6.92 Å². The van der Waals surface area contributed by atoms with Crippen molar-refractivity contribution in [1.29, 1.82) is 0 Å². The van der Waals surface area contributed by atoms with Crippen LogP contribution in [0.3, 0.4) is 0 Å². The number of oxime groups is 1. The molecule has 0 spiro atoms. The minimum atomic E-state index is -0.715. The summed E-state index contributed by atoms with van der Waals surface area (Å²) in [5.74, 6) is -1.18. The summed E-state index contributed by atoms with van der Waals surface area (Å²) in [7, 11) is 0. The molecule has 5 heteroatoms. The van der Waals surface area contributed by atoms with E-state index in [0.717, 1.165) is 0 Å². The average molecular weight is 159 g/mol. The van der Waals surface area contributed by atoms with Crippen LogP contribution in [0.15, 0.2) is 5.16 Å². The molecule has 0 aliphatic carbocycles. The fraction of sp³-hybridized carbons (Fsp3) is 0.500. The Morgan fingerprint density at radius 1 is 1.45 bits per heavy atom. The van der Waals surface area contributed by atoms with Crippen LogP contribution in [0.5, 0.6) is 0 Å². The Kier molecular flexibility index (Phi) is 3.87. The van der Waals surface area contributed by atoms with Crippen LogP contribution in [0.2, 0.25) is 0 Å². The van der Waals surface area contributed by atoms with E-state index < -0.39 is 5.97 Å². The summed E-state index contributed by atoms with van der Waals surface area (Å²) in [6.45, 7) is 2.57. The van der Waals surface area contributed by atoms with Gasteiger partial charge in [-0.3, -0.25) is 9.59 Å². The molecule has 11 heavy (non-hydrogen) atoms. The number of ether oxygens (including phenoxy) is 1. The first kappa shape index (κ1) is 9.61. The van der Waals surface area contributed by atoms with Gasteiger partial charge < -0.3 is 9.94 Å². The smallest absolute Gasteiger partial charge is 0.319 e. The van der Waals surface area contributed by atoms with Crippen molar-refractivity contribution >= 4 is 17.7 Å². The van der Waals surface area contributed by atoms with Crippen molar-refractivity contribution in [2.24, 2.45) is 5.16 Å². The van der Waals surface area contributed by atoms with Gasteiger partial charge in [-0.2, -0.15) is 0 Å². The number of hydrogen-bond donors (Lipinski definition) is 1. The summed E-state index contributed by atoms with van der Waals surface area (Å²) in [5, 5.41) is 10.6. The van der Waals surface area contributed by atoms with Crippen molar-refractivity contribution in [3.63, 3.8) is 0 Å². The predicted molar refractivity (Wildman–Crippen MR) is 36.3 cm³/mol. The highest BCUT2D eigenvalue weighted by Crippen LogP contribution is 1.89. The van der Waals surface area contributed by atoms with Crippen molar-refractivity contribution in [2.75, 3.05) is 0 Å². The van der Waals surface area contributed by atoms with Crippen LogP contribution in [0.1, 0.15) is 20.3 Å². The number of esters is 1. The quantitative estimate of drug-likeness (QED) is 0.157. The number of carbonyl (C=O) groups is 2. The Labute approximate surface area is 63.6 Å². The van der Waals surface area contributed by atoms with Gasteiger partial charge in [0.25, 0.3) is 0 Å². The normalized spacial score (nSPS) is 10.9. The number of rotatable bonds is 2.